The molecule has 0 aliphatic carbocycles. The number of carbonyl (C=O) groups excluding carboxylic acids is 2. The summed E-state index contributed by atoms with van der Waals surface area (Å²) in [5.41, 5.74) is 0. The van der Waals surface area contributed by atoms with E-state index in [2.05, 4.69) is 43.5 Å². The van der Waals surface area contributed by atoms with E-state index in [-0.39, 0.29) is 18.5 Å². The Morgan fingerprint density at radius 3 is 1.31 bits per heavy atom. The standard InChI is InChI=1S/C53H101NO5/c1-3-5-7-9-11-13-15-17-19-21-22-24-26-29-33-37-41-45-51(56)50(49-55)54-52(57)46-42-38-34-30-28-32-36-40-44-48-59-53(58)47-43-39-35-31-27-25-23-20-18-16-14-12-10-8-6-4-2/h14,16,20,23,50-51,55-56H,3-13,15,17-19,21-22,24-49H2,1-2H3,(H,54,57)/b16-14-,23-20-. The van der Waals surface area contributed by atoms with Crippen molar-refractivity contribution in [3.05, 3.63) is 24.3 Å². The molecule has 6 nitrogen and oxygen atoms in total. The van der Waals surface area contributed by atoms with Crippen molar-refractivity contribution < 1.29 is 24.5 Å². The first kappa shape index (κ1) is 57.3. The number of ether oxygens (including phenoxy) is 1. The summed E-state index contributed by atoms with van der Waals surface area (Å²) in [7, 11) is 0. The lowest BCUT2D eigenvalue weighted by molar-refractivity contribution is -0.143. The summed E-state index contributed by atoms with van der Waals surface area (Å²) < 4.78 is 5.45. The Labute approximate surface area is 367 Å². The maximum Gasteiger partial charge on any atom is 0.305 e. The van der Waals surface area contributed by atoms with Gasteiger partial charge in [0.25, 0.3) is 0 Å². The third-order valence-electron chi connectivity index (χ3n) is 12.0. The maximum absolute atomic E-state index is 12.5. The molecule has 2 atom stereocenters. The van der Waals surface area contributed by atoms with Gasteiger partial charge in [-0.25, -0.2) is 0 Å². The van der Waals surface area contributed by atoms with Gasteiger partial charge >= 0.3 is 5.97 Å². The van der Waals surface area contributed by atoms with E-state index in [1.165, 1.54) is 173 Å². The Bertz CT molecular complexity index is 920. The average Bonchev–Trinajstić information content (AvgIpc) is 3.24. The molecule has 0 fully saturated rings. The van der Waals surface area contributed by atoms with Crippen molar-refractivity contribution in [1.29, 1.82) is 0 Å². The minimum absolute atomic E-state index is 0.0381. The third kappa shape index (κ3) is 45.7. The largest absolute Gasteiger partial charge is 0.466 e. The molecular formula is C53H101NO5. The molecule has 0 saturated carbocycles. The van der Waals surface area contributed by atoms with Crippen molar-refractivity contribution in [1.82, 2.24) is 5.32 Å². The van der Waals surface area contributed by atoms with Crippen LogP contribution in [0.3, 0.4) is 0 Å². The van der Waals surface area contributed by atoms with E-state index in [4.69, 9.17) is 4.74 Å². The van der Waals surface area contributed by atoms with Crippen LogP contribution in [0.25, 0.3) is 0 Å². The van der Waals surface area contributed by atoms with E-state index in [1.54, 1.807) is 0 Å². The molecule has 0 aromatic rings. The third-order valence-corrected chi connectivity index (χ3v) is 12.0. The summed E-state index contributed by atoms with van der Waals surface area (Å²) in [6, 6.07) is -0.562. The summed E-state index contributed by atoms with van der Waals surface area (Å²) in [5.74, 6) is -0.101. The van der Waals surface area contributed by atoms with Gasteiger partial charge in [0.05, 0.1) is 25.4 Å². The summed E-state index contributed by atoms with van der Waals surface area (Å²) in [5, 5.41) is 23.2. The maximum atomic E-state index is 12.5. The van der Waals surface area contributed by atoms with Crippen LogP contribution in [-0.4, -0.2) is 47.4 Å². The molecule has 6 heteroatoms. The van der Waals surface area contributed by atoms with E-state index < -0.39 is 12.1 Å². The van der Waals surface area contributed by atoms with E-state index >= 15 is 0 Å². The van der Waals surface area contributed by atoms with E-state index in [1.807, 2.05) is 0 Å². The van der Waals surface area contributed by atoms with Crippen molar-refractivity contribution >= 4 is 11.9 Å². The fourth-order valence-corrected chi connectivity index (χ4v) is 7.96. The SMILES string of the molecule is CCCCCC/C=C\C/C=C\CCCCCCCC(=O)OCCCCCCCCCCCC(=O)NC(CO)C(O)CCCCCCCCCCCCCCCCCCC. The zero-order chi connectivity index (χ0) is 43.0. The number of aliphatic hydroxyl groups is 2. The molecule has 0 aliphatic rings. The number of nitrogens with one attached hydrogen (secondary N) is 1. The highest BCUT2D eigenvalue weighted by Crippen LogP contribution is 2.16. The minimum Gasteiger partial charge on any atom is -0.466 e. The lowest BCUT2D eigenvalue weighted by Gasteiger charge is -2.22. The summed E-state index contributed by atoms with van der Waals surface area (Å²) >= 11 is 0. The summed E-state index contributed by atoms with van der Waals surface area (Å²) in [4.78, 5) is 24.5. The van der Waals surface area contributed by atoms with Crippen LogP contribution in [0.5, 0.6) is 0 Å². The topological polar surface area (TPSA) is 95.9 Å². The van der Waals surface area contributed by atoms with Gasteiger partial charge in [-0.1, -0.05) is 231 Å². The molecule has 0 aromatic carbocycles. The number of allylic oxidation sites excluding steroid dienone is 4. The quantitative estimate of drug-likeness (QED) is 0.0322. The van der Waals surface area contributed by atoms with Crippen LogP contribution in [-0.2, 0) is 14.3 Å². The number of amides is 1. The predicted molar refractivity (Wildman–Crippen MR) is 255 cm³/mol. The normalized spacial score (nSPS) is 12.8. The second kappa shape index (κ2) is 49.0. The number of rotatable bonds is 48. The van der Waals surface area contributed by atoms with Gasteiger partial charge in [0.2, 0.25) is 5.91 Å². The number of unbranched alkanes of at least 4 members (excludes halogenated alkanes) is 33. The number of esters is 1. The Hall–Kier alpha value is -1.66. The number of aliphatic hydroxyl groups excluding tert-OH is 2. The predicted octanol–water partition coefficient (Wildman–Crippen LogP) is 15.5. The first-order valence-electron chi connectivity index (χ1n) is 26.1. The first-order chi connectivity index (χ1) is 29.0. The zero-order valence-electron chi connectivity index (χ0n) is 39.5. The first-order valence-corrected chi connectivity index (χ1v) is 26.1. The van der Waals surface area contributed by atoms with Gasteiger partial charge in [0.15, 0.2) is 0 Å². The molecule has 2 unspecified atom stereocenters. The minimum atomic E-state index is -0.683. The van der Waals surface area contributed by atoms with Crippen LogP contribution in [0, 0.1) is 0 Å². The molecule has 0 radical (unpaired) electrons. The molecule has 0 heterocycles. The van der Waals surface area contributed by atoms with Crippen molar-refractivity contribution in [3.63, 3.8) is 0 Å². The Balaban J connectivity index is 3.50. The van der Waals surface area contributed by atoms with Gasteiger partial charge in [-0.15, -0.1) is 0 Å². The Morgan fingerprint density at radius 2 is 0.847 bits per heavy atom. The van der Waals surface area contributed by atoms with Gasteiger partial charge in [0.1, 0.15) is 0 Å². The lowest BCUT2D eigenvalue weighted by Crippen LogP contribution is -2.45. The van der Waals surface area contributed by atoms with Gasteiger partial charge in [-0.3, -0.25) is 9.59 Å². The van der Waals surface area contributed by atoms with Crippen molar-refractivity contribution in [2.75, 3.05) is 13.2 Å². The van der Waals surface area contributed by atoms with E-state index in [0.717, 1.165) is 70.6 Å². The molecule has 0 aliphatic heterocycles. The van der Waals surface area contributed by atoms with Crippen molar-refractivity contribution in [3.8, 4) is 0 Å². The number of carbonyl (C=O) groups is 2. The van der Waals surface area contributed by atoms with Crippen molar-refractivity contribution in [2.45, 2.75) is 289 Å². The van der Waals surface area contributed by atoms with Crippen LogP contribution >= 0.6 is 0 Å². The second-order valence-corrected chi connectivity index (χ2v) is 17.9. The van der Waals surface area contributed by atoms with Gasteiger partial charge < -0.3 is 20.3 Å². The molecule has 3 N–H and O–H groups in total. The zero-order valence-corrected chi connectivity index (χ0v) is 39.5. The van der Waals surface area contributed by atoms with Crippen LogP contribution in [0.4, 0.5) is 0 Å². The molecule has 0 rings (SSSR count). The summed E-state index contributed by atoms with van der Waals surface area (Å²) in [6.45, 7) is 4.87. The molecular weight excluding hydrogens is 731 g/mol. The second-order valence-electron chi connectivity index (χ2n) is 17.9. The van der Waals surface area contributed by atoms with Crippen molar-refractivity contribution in [2.24, 2.45) is 0 Å². The monoisotopic (exact) mass is 832 g/mol. The lowest BCUT2D eigenvalue weighted by atomic mass is 10.0. The smallest absolute Gasteiger partial charge is 0.305 e. The Kier molecular flexibility index (Phi) is 47.6. The number of hydrogen-bond acceptors (Lipinski definition) is 5. The highest BCUT2D eigenvalue weighted by Gasteiger charge is 2.20. The highest BCUT2D eigenvalue weighted by atomic mass is 16.5. The van der Waals surface area contributed by atoms with Crippen LogP contribution in [0.15, 0.2) is 24.3 Å². The number of hydrogen-bond donors (Lipinski definition) is 3. The molecule has 0 bridgehead atoms. The molecule has 59 heavy (non-hydrogen) atoms. The fraction of sp³-hybridized carbons (Fsp3) is 0.887. The van der Waals surface area contributed by atoms with E-state index in [9.17, 15) is 19.8 Å². The molecule has 0 aromatic heterocycles. The van der Waals surface area contributed by atoms with Crippen LogP contribution in [0.1, 0.15) is 277 Å². The average molecular weight is 832 g/mol. The summed E-state index contributed by atoms with van der Waals surface area (Å²) in [6.07, 6.45) is 57.1. The molecule has 0 saturated heterocycles. The van der Waals surface area contributed by atoms with E-state index in [0.29, 0.717) is 25.9 Å². The fourth-order valence-electron chi connectivity index (χ4n) is 7.96. The van der Waals surface area contributed by atoms with Crippen LogP contribution < -0.4 is 5.32 Å². The van der Waals surface area contributed by atoms with Crippen LogP contribution in [0.2, 0.25) is 0 Å². The van der Waals surface area contributed by atoms with Gasteiger partial charge in [-0.05, 0) is 57.8 Å². The molecule has 348 valence electrons. The molecule has 1 amide bonds. The Morgan fingerprint density at radius 1 is 0.475 bits per heavy atom. The van der Waals surface area contributed by atoms with Gasteiger partial charge in [0, 0.05) is 12.8 Å². The highest BCUT2D eigenvalue weighted by molar-refractivity contribution is 5.76. The molecule has 0 spiro atoms. The van der Waals surface area contributed by atoms with Gasteiger partial charge in [-0.2, -0.15) is 0 Å².